The molecule has 0 unspecified atom stereocenters. The average Bonchev–Trinajstić information content (AvgIpc) is 3.23. The summed E-state index contributed by atoms with van der Waals surface area (Å²) in [6.07, 6.45) is 0.963. The Morgan fingerprint density at radius 3 is 1.65 bits per heavy atom. The van der Waals surface area contributed by atoms with Crippen LogP contribution in [-0.4, -0.2) is 16.8 Å². The van der Waals surface area contributed by atoms with Crippen LogP contribution in [0, 0.1) is 12.3 Å². The second-order valence-electron chi connectivity index (χ2n) is 17.1. The highest BCUT2D eigenvalue weighted by Gasteiger charge is 2.31. The van der Waals surface area contributed by atoms with Gasteiger partial charge in [0.1, 0.15) is 11.5 Å². The lowest BCUT2D eigenvalue weighted by Crippen LogP contribution is -2.25. The average molecular weight is 638 g/mol. The molecule has 46 heavy (non-hydrogen) atoms. The van der Waals surface area contributed by atoms with Gasteiger partial charge in [0.15, 0.2) is 0 Å². The molecule has 0 bridgehead atoms. The van der Waals surface area contributed by atoms with Crippen molar-refractivity contribution in [2.24, 2.45) is 5.41 Å². The van der Waals surface area contributed by atoms with Crippen molar-refractivity contribution in [3.05, 3.63) is 87.9 Å². The fourth-order valence-electron chi connectivity index (χ4n) is 7.23. The number of aromatic nitrogens is 1. The molecule has 0 fully saturated rings. The number of phenolic OH excluding ortho intramolecular Hbond substituents is 1. The second-order valence-corrected chi connectivity index (χ2v) is 17.6. The molecule has 0 aliphatic rings. The van der Waals surface area contributed by atoms with Gasteiger partial charge in [-0.1, -0.05) is 112 Å². The van der Waals surface area contributed by atoms with E-state index in [4.69, 9.17) is 16.3 Å². The predicted octanol–water partition coefficient (Wildman–Crippen LogP) is 12.4. The third-order valence-electron chi connectivity index (χ3n) is 9.32. The summed E-state index contributed by atoms with van der Waals surface area (Å²) < 4.78 is 8.23. The summed E-state index contributed by atoms with van der Waals surface area (Å²) in [6, 6.07) is 21.8. The summed E-state index contributed by atoms with van der Waals surface area (Å²) in [6.45, 7) is 27.0. The minimum atomic E-state index is -0.192. The summed E-state index contributed by atoms with van der Waals surface area (Å²) in [5, 5.41) is 15.4. The standard InChI is InChI=1S/C42H52ClNO2/c1-25-18-29(43)23-33(38(25)46-13)32-19-28(42(11,12)24-39(2,3)4)22-36(37(32)45)44-34-20-26(40(5,6)7)14-16-30(34)31-17-15-27(21-35(31)44)41(8,9)10/h14-23,45H,24H2,1-13H3. The van der Waals surface area contributed by atoms with Gasteiger partial charge in [0.05, 0.1) is 23.8 Å². The quantitative estimate of drug-likeness (QED) is 0.208. The van der Waals surface area contributed by atoms with Crippen molar-refractivity contribution in [2.45, 2.75) is 106 Å². The van der Waals surface area contributed by atoms with E-state index in [1.165, 1.54) is 21.9 Å². The Kier molecular flexibility index (Phi) is 8.38. The maximum Gasteiger partial charge on any atom is 0.147 e. The van der Waals surface area contributed by atoms with Crippen LogP contribution in [0.1, 0.15) is 105 Å². The highest BCUT2D eigenvalue weighted by molar-refractivity contribution is 6.31. The molecule has 244 valence electrons. The lowest BCUT2D eigenvalue weighted by Gasteiger charge is -2.34. The summed E-state index contributed by atoms with van der Waals surface area (Å²) in [7, 11) is 1.68. The first kappa shape index (κ1) is 33.9. The minimum absolute atomic E-state index is 0.0402. The molecule has 0 atom stereocenters. The molecule has 3 nitrogen and oxygen atoms in total. The smallest absolute Gasteiger partial charge is 0.147 e. The number of methoxy groups -OCH3 is 1. The summed E-state index contributed by atoms with van der Waals surface area (Å²) in [5.41, 5.74) is 8.80. The van der Waals surface area contributed by atoms with Crippen LogP contribution in [0.3, 0.4) is 0 Å². The molecule has 1 heterocycles. The first-order valence-electron chi connectivity index (χ1n) is 16.4. The van der Waals surface area contributed by atoms with Crippen molar-refractivity contribution in [3.63, 3.8) is 0 Å². The van der Waals surface area contributed by atoms with Crippen LogP contribution < -0.4 is 4.74 Å². The van der Waals surface area contributed by atoms with Crippen LogP contribution in [-0.2, 0) is 16.2 Å². The molecule has 1 aromatic heterocycles. The molecule has 0 saturated heterocycles. The molecule has 0 amide bonds. The van der Waals surface area contributed by atoms with Crippen LogP contribution in [0.5, 0.6) is 11.5 Å². The van der Waals surface area contributed by atoms with E-state index in [-0.39, 0.29) is 27.4 Å². The van der Waals surface area contributed by atoms with Gasteiger partial charge in [-0.3, -0.25) is 0 Å². The minimum Gasteiger partial charge on any atom is -0.505 e. The SMILES string of the molecule is COc1c(C)cc(Cl)cc1-c1cc(C(C)(C)CC(C)(C)C)cc(-n2c3cc(C(C)(C)C)ccc3c3ccc(C(C)(C)C)cc32)c1O. The van der Waals surface area contributed by atoms with Gasteiger partial charge < -0.3 is 14.4 Å². The van der Waals surface area contributed by atoms with E-state index in [0.717, 1.165) is 39.8 Å². The number of ether oxygens (including phenoxy) is 1. The van der Waals surface area contributed by atoms with Gasteiger partial charge in [0.2, 0.25) is 0 Å². The van der Waals surface area contributed by atoms with E-state index in [2.05, 4.69) is 129 Å². The van der Waals surface area contributed by atoms with Crippen molar-refractivity contribution in [1.82, 2.24) is 4.57 Å². The molecule has 0 aliphatic carbocycles. The number of nitrogens with zero attached hydrogens (tertiary/aromatic N) is 1. The fraction of sp³-hybridized carbons (Fsp3) is 0.429. The molecule has 0 aliphatic heterocycles. The Labute approximate surface area is 281 Å². The van der Waals surface area contributed by atoms with Gasteiger partial charge in [-0.05, 0) is 93.7 Å². The zero-order valence-electron chi connectivity index (χ0n) is 30.2. The highest BCUT2D eigenvalue weighted by Crippen LogP contribution is 2.48. The van der Waals surface area contributed by atoms with E-state index in [1.54, 1.807) is 7.11 Å². The first-order chi connectivity index (χ1) is 21.1. The number of hydrogen-bond acceptors (Lipinski definition) is 2. The number of phenols is 1. The molecule has 0 radical (unpaired) electrons. The fourth-order valence-corrected chi connectivity index (χ4v) is 7.50. The number of aromatic hydroxyl groups is 1. The number of fused-ring (bicyclic) bond motifs is 3. The Balaban J connectivity index is 1.99. The number of aryl methyl sites for hydroxylation is 1. The van der Waals surface area contributed by atoms with Crippen molar-refractivity contribution >= 4 is 33.4 Å². The molecule has 4 heteroatoms. The van der Waals surface area contributed by atoms with E-state index in [9.17, 15) is 5.11 Å². The summed E-state index contributed by atoms with van der Waals surface area (Å²) in [5.74, 6) is 0.917. The predicted molar refractivity (Wildman–Crippen MR) is 199 cm³/mol. The monoisotopic (exact) mass is 637 g/mol. The summed E-state index contributed by atoms with van der Waals surface area (Å²) >= 11 is 6.67. The van der Waals surface area contributed by atoms with Gasteiger partial charge in [0, 0.05) is 26.9 Å². The van der Waals surface area contributed by atoms with Gasteiger partial charge >= 0.3 is 0 Å². The van der Waals surface area contributed by atoms with Crippen molar-refractivity contribution in [1.29, 1.82) is 0 Å². The van der Waals surface area contributed by atoms with Gasteiger partial charge in [-0.15, -0.1) is 0 Å². The van der Waals surface area contributed by atoms with Crippen LogP contribution in [0.15, 0.2) is 60.7 Å². The third-order valence-corrected chi connectivity index (χ3v) is 9.54. The van der Waals surface area contributed by atoms with Crippen molar-refractivity contribution in [2.75, 3.05) is 7.11 Å². The van der Waals surface area contributed by atoms with Gasteiger partial charge in [-0.25, -0.2) is 0 Å². The molecule has 1 N–H and O–H groups in total. The molecule has 0 saturated carbocycles. The molecular formula is C42H52ClNO2. The highest BCUT2D eigenvalue weighted by atomic mass is 35.5. The van der Waals surface area contributed by atoms with E-state index >= 15 is 0 Å². The Bertz CT molecular complexity index is 1880. The lowest BCUT2D eigenvalue weighted by atomic mass is 9.71. The van der Waals surface area contributed by atoms with Crippen LogP contribution >= 0.6 is 11.6 Å². The molecule has 5 rings (SSSR count). The van der Waals surface area contributed by atoms with E-state index < -0.39 is 0 Å². The molecule has 0 spiro atoms. The third kappa shape index (κ3) is 6.28. The Morgan fingerprint density at radius 1 is 0.674 bits per heavy atom. The number of benzene rings is 4. The second kappa shape index (κ2) is 11.4. The largest absolute Gasteiger partial charge is 0.505 e. The van der Waals surface area contributed by atoms with Crippen LogP contribution in [0.25, 0.3) is 38.6 Å². The van der Waals surface area contributed by atoms with Crippen LogP contribution in [0.2, 0.25) is 5.02 Å². The zero-order chi connectivity index (χ0) is 34.1. The molecule has 4 aromatic carbocycles. The molecule has 5 aromatic rings. The Morgan fingerprint density at radius 2 is 1.20 bits per heavy atom. The topological polar surface area (TPSA) is 34.4 Å². The number of rotatable bonds is 5. The lowest BCUT2D eigenvalue weighted by molar-refractivity contribution is 0.284. The number of halogens is 1. The van der Waals surface area contributed by atoms with Crippen molar-refractivity contribution < 1.29 is 9.84 Å². The normalized spacial score (nSPS) is 13.2. The number of hydrogen-bond donors (Lipinski definition) is 1. The zero-order valence-corrected chi connectivity index (χ0v) is 30.9. The van der Waals surface area contributed by atoms with Crippen molar-refractivity contribution in [3.8, 4) is 28.3 Å². The van der Waals surface area contributed by atoms with E-state index in [0.29, 0.717) is 16.3 Å². The van der Waals surface area contributed by atoms with Gasteiger partial charge in [0.25, 0.3) is 0 Å². The van der Waals surface area contributed by atoms with Crippen LogP contribution in [0.4, 0.5) is 0 Å². The summed E-state index contributed by atoms with van der Waals surface area (Å²) in [4.78, 5) is 0. The Hall–Kier alpha value is -3.43. The van der Waals surface area contributed by atoms with Gasteiger partial charge in [-0.2, -0.15) is 0 Å². The maximum absolute atomic E-state index is 12.5. The first-order valence-corrected chi connectivity index (χ1v) is 16.8. The maximum atomic E-state index is 12.5. The van der Waals surface area contributed by atoms with E-state index in [1.807, 2.05) is 19.1 Å². The molecular weight excluding hydrogens is 586 g/mol.